The lowest BCUT2D eigenvalue weighted by atomic mass is 9.71. The molecule has 0 spiro atoms. The summed E-state index contributed by atoms with van der Waals surface area (Å²) in [4.78, 5) is 0. The van der Waals surface area contributed by atoms with E-state index in [0.29, 0.717) is 5.92 Å². The number of aliphatic hydroxyl groups is 1. The first-order valence-electron chi connectivity index (χ1n) is 6.61. The summed E-state index contributed by atoms with van der Waals surface area (Å²) in [5.41, 5.74) is 4.47. The normalized spacial score (nSPS) is 35.5. The van der Waals surface area contributed by atoms with Gasteiger partial charge in [-0.25, -0.2) is 0 Å². The van der Waals surface area contributed by atoms with Crippen LogP contribution in [0.4, 0.5) is 0 Å². The van der Waals surface area contributed by atoms with Crippen LogP contribution < -0.4 is 0 Å². The van der Waals surface area contributed by atoms with Crippen LogP contribution in [-0.4, -0.2) is 11.7 Å². The molecular formula is C15H24O. The fourth-order valence-corrected chi connectivity index (χ4v) is 3.54. The van der Waals surface area contributed by atoms with Crippen molar-refractivity contribution < 1.29 is 5.11 Å². The highest BCUT2D eigenvalue weighted by molar-refractivity contribution is 5.30. The first-order valence-corrected chi connectivity index (χ1v) is 6.61. The first kappa shape index (κ1) is 11.9. The summed E-state index contributed by atoms with van der Waals surface area (Å²) in [5.74, 6) is 2.32. The van der Waals surface area contributed by atoms with Crippen LogP contribution in [0.1, 0.15) is 46.5 Å². The Hall–Kier alpha value is -0.560. The largest absolute Gasteiger partial charge is 0.392 e. The van der Waals surface area contributed by atoms with Crippen LogP contribution in [-0.2, 0) is 0 Å². The number of hydrogen-bond acceptors (Lipinski definition) is 1. The zero-order chi connectivity index (χ0) is 11.7. The van der Waals surface area contributed by atoms with Crippen LogP contribution >= 0.6 is 0 Å². The van der Waals surface area contributed by atoms with Gasteiger partial charge in [0.25, 0.3) is 0 Å². The molecule has 90 valence electrons. The molecule has 0 unspecified atom stereocenters. The molecule has 2 rings (SSSR count). The third-order valence-electron chi connectivity index (χ3n) is 4.48. The maximum atomic E-state index is 9.14. The fourth-order valence-electron chi connectivity index (χ4n) is 3.54. The van der Waals surface area contributed by atoms with Gasteiger partial charge in [-0.15, -0.1) is 0 Å². The summed E-state index contributed by atoms with van der Waals surface area (Å²) in [6, 6.07) is 0. The maximum Gasteiger partial charge on any atom is 0.0639 e. The number of fused-ring (bicyclic) bond motifs is 1. The van der Waals surface area contributed by atoms with E-state index in [2.05, 4.69) is 19.9 Å². The number of allylic oxidation sites excluding steroid dienone is 3. The van der Waals surface area contributed by atoms with Gasteiger partial charge in [0.15, 0.2) is 0 Å². The summed E-state index contributed by atoms with van der Waals surface area (Å²) < 4.78 is 0. The average molecular weight is 220 g/mol. The van der Waals surface area contributed by atoms with Crippen molar-refractivity contribution in [2.45, 2.75) is 46.5 Å². The van der Waals surface area contributed by atoms with Crippen LogP contribution in [0.5, 0.6) is 0 Å². The highest BCUT2D eigenvalue weighted by Crippen LogP contribution is 2.48. The van der Waals surface area contributed by atoms with Gasteiger partial charge in [0, 0.05) is 0 Å². The maximum absolute atomic E-state index is 9.14. The van der Waals surface area contributed by atoms with Gasteiger partial charge in [0.05, 0.1) is 6.61 Å². The van der Waals surface area contributed by atoms with Crippen LogP contribution in [0.25, 0.3) is 0 Å². The van der Waals surface area contributed by atoms with Gasteiger partial charge in [-0.1, -0.05) is 29.7 Å². The molecule has 0 aliphatic heterocycles. The Bertz CT molecular complexity index is 324. The minimum Gasteiger partial charge on any atom is -0.392 e. The van der Waals surface area contributed by atoms with Gasteiger partial charge in [0.2, 0.25) is 0 Å². The van der Waals surface area contributed by atoms with E-state index in [-0.39, 0.29) is 6.61 Å². The molecule has 3 atom stereocenters. The molecule has 0 aromatic heterocycles. The van der Waals surface area contributed by atoms with Crippen molar-refractivity contribution in [1.29, 1.82) is 0 Å². The summed E-state index contributed by atoms with van der Waals surface area (Å²) in [5, 5.41) is 9.14. The van der Waals surface area contributed by atoms with E-state index < -0.39 is 0 Å². The molecule has 1 fully saturated rings. The molecule has 16 heavy (non-hydrogen) atoms. The third-order valence-corrected chi connectivity index (χ3v) is 4.48. The second-order valence-corrected chi connectivity index (χ2v) is 5.71. The Morgan fingerprint density at radius 2 is 2.12 bits per heavy atom. The lowest BCUT2D eigenvalue weighted by molar-refractivity contribution is 0.296. The van der Waals surface area contributed by atoms with Gasteiger partial charge in [-0.2, -0.15) is 0 Å². The molecule has 0 bridgehead atoms. The number of rotatable bonds is 2. The number of hydrogen-bond donors (Lipinski definition) is 1. The van der Waals surface area contributed by atoms with E-state index in [9.17, 15) is 0 Å². The molecule has 2 aliphatic rings. The van der Waals surface area contributed by atoms with Crippen molar-refractivity contribution >= 4 is 0 Å². The van der Waals surface area contributed by atoms with E-state index in [0.717, 1.165) is 17.4 Å². The van der Waals surface area contributed by atoms with Gasteiger partial charge in [-0.05, 0) is 57.3 Å². The van der Waals surface area contributed by atoms with Crippen molar-refractivity contribution in [2.24, 2.45) is 17.8 Å². The smallest absolute Gasteiger partial charge is 0.0639 e. The van der Waals surface area contributed by atoms with Crippen LogP contribution in [0.3, 0.4) is 0 Å². The SMILES string of the molecule is CC1=C2[C@H](/C=C(/C)CO)CC[C@H](C)[C@H]2CC1. The molecule has 2 aliphatic carbocycles. The molecule has 0 aromatic carbocycles. The summed E-state index contributed by atoms with van der Waals surface area (Å²) in [7, 11) is 0. The van der Waals surface area contributed by atoms with Gasteiger partial charge in [0.1, 0.15) is 0 Å². The van der Waals surface area contributed by atoms with E-state index >= 15 is 0 Å². The lowest BCUT2D eigenvalue weighted by Crippen LogP contribution is -2.23. The van der Waals surface area contributed by atoms with E-state index in [4.69, 9.17) is 5.11 Å². The average Bonchev–Trinajstić information content (AvgIpc) is 2.66. The Kier molecular flexibility index (Phi) is 3.53. The third kappa shape index (κ3) is 2.10. The zero-order valence-electron chi connectivity index (χ0n) is 10.8. The molecule has 1 heteroatoms. The predicted octanol–water partition coefficient (Wildman–Crippen LogP) is 3.70. The van der Waals surface area contributed by atoms with Gasteiger partial charge in [-0.3, -0.25) is 0 Å². The molecule has 0 saturated heterocycles. The quantitative estimate of drug-likeness (QED) is 0.704. The predicted molar refractivity (Wildman–Crippen MR) is 68.2 cm³/mol. The summed E-state index contributed by atoms with van der Waals surface area (Å²) in [6.07, 6.45) is 7.60. The van der Waals surface area contributed by atoms with Crippen molar-refractivity contribution in [3.63, 3.8) is 0 Å². The Morgan fingerprint density at radius 1 is 1.38 bits per heavy atom. The van der Waals surface area contributed by atoms with E-state index in [1.807, 2.05) is 6.92 Å². The van der Waals surface area contributed by atoms with Crippen LogP contribution in [0.2, 0.25) is 0 Å². The van der Waals surface area contributed by atoms with Crippen LogP contribution in [0, 0.1) is 17.8 Å². The first-order chi connectivity index (χ1) is 7.63. The molecule has 1 nitrogen and oxygen atoms in total. The molecule has 1 N–H and O–H groups in total. The number of aliphatic hydroxyl groups excluding tert-OH is 1. The minimum absolute atomic E-state index is 0.211. The Morgan fingerprint density at radius 3 is 2.81 bits per heavy atom. The van der Waals surface area contributed by atoms with Gasteiger partial charge < -0.3 is 5.11 Å². The molecule has 1 saturated carbocycles. The standard InChI is InChI=1S/C15H24O/c1-10(9-16)8-13-6-4-11(2)14-7-5-12(3)15(13)14/h8,11,13-14,16H,4-7,9H2,1-3H3/b10-8-/t11-,13-,14+/m0/s1. The van der Waals surface area contributed by atoms with E-state index in [1.54, 1.807) is 11.1 Å². The fraction of sp³-hybridized carbons (Fsp3) is 0.733. The van der Waals surface area contributed by atoms with Crippen molar-refractivity contribution in [3.05, 3.63) is 22.8 Å². The van der Waals surface area contributed by atoms with Gasteiger partial charge >= 0.3 is 0 Å². The highest BCUT2D eigenvalue weighted by atomic mass is 16.3. The van der Waals surface area contributed by atoms with Crippen molar-refractivity contribution in [1.82, 2.24) is 0 Å². The second kappa shape index (κ2) is 4.75. The lowest BCUT2D eigenvalue weighted by Gasteiger charge is -2.34. The molecule has 0 heterocycles. The summed E-state index contributed by atoms with van der Waals surface area (Å²) in [6.45, 7) is 6.96. The zero-order valence-corrected chi connectivity index (χ0v) is 10.8. The molecular weight excluding hydrogens is 196 g/mol. The van der Waals surface area contributed by atoms with Crippen molar-refractivity contribution in [2.75, 3.05) is 6.61 Å². The molecule has 0 amide bonds. The monoisotopic (exact) mass is 220 g/mol. The van der Waals surface area contributed by atoms with E-state index in [1.165, 1.54) is 25.7 Å². The topological polar surface area (TPSA) is 20.2 Å². The molecule has 0 radical (unpaired) electrons. The summed E-state index contributed by atoms with van der Waals surface area (Å²) >= 11 is 0. The van der Waals surface area contributed by atoms with Crippen LogP contribution in [0.15, 0.2) is 22.8 Å². The minimum atomic E-state index is 0.211. The molecule has 0 aromatic rings. The Balaban J connectivity index is 2.24. The van der Waals surface area contributed by atoms with Crippen molar-refractivity contribution in [3.8, 4) is 0 Å². The second-order valence-electron chi connectivity index (χ2n) is 5.71. The highest BCUT2D eigenvalue weighted by Gasteiger charge is 2.35. The Labute approximate surface area is 99.3 Å².